The second-order valence-electron chi connectivity index (χ2n) is 4.34. The minimum Gasteiger partial charge on any atom is -0.132 e. The number of hydrogen-bond acceptors (Lipinski definition) is 2. The number of halogens is 4. The van der Waals surface area contributed by atoms with Crippen LogP contribution in [-0.4, -0.2) is 0 Å². The first-order valence-corrected chi connectivity index (χ1v) is 11.0. The molecule has 0 atom stereocenters. The summed E-state index contributed by atoms with van der Waals surface area (Å²) in [4.78, 5) is 0. The summed E-state index contributed by atoms with van der Waals surface area (Å²) in [6.45, 7) is 0. The van der Waals surface area contributed by atoms with E-state index < -0.39 is 0 Å². The van der Waals surface area contributed by atoms with Gasteiger partial charge >= 0.3 is 0 Å². The van der Waals surface area contributed by atoms with Crippen molar-refractivity contribution < 1.29 is 0 Å². The third-order valence-corrected chi connectivity index (χ3v) is 11.3. The lowest BCUT2D eigenvalue weighted by molar-refractivity contribution is 1.71. The number of benzene rings is 2. The zero-order valence-corrected chi connectivity index (χ0v) is 18.8. The highest BCUT2D eigenvalue weighted by Gasteiger charge is 2.16. The average molecular weight is 650 g/mol. The molecule has 0 aliphatic heterocycles. The summed E-state index contributed by atoms with van der Waals surface area (Å²) in [6, 6.07) is 8.86. The van der Waals surface area contributed by atoms with Crippen molar-refractivity contribution in [3.05, 3.63) is 40.4 Å². The Bertz CT molecular complexity index is 919. The van der Waals surface area contributed by atoms with Gasteiger partial charge in [0.05, 0.1) is 18.8 Å². The van der Waals surface area contributed by atoms with E-state index in [0.717, 1.165) is 0 Å². The molecule has 20 heavy (non-hydrogen) atoms. The summed E-state index contributed by atoms with van der Waals surface area (Å²) in [6.07, 6.45) is 0. The molecular formula is C14H4Br2I2S2. The first-order chi connectivity index (χ1) is 9.58. The van der Waals surface area contributed by atoms with Gasteiger partial charge in [0.25, 0.3) is 0 Å². The second-order valence-corrected chi connectivity index (χ2v) is 10.3. The summed E-state index contributed by atoms with van der Waals surface area (Å²) < 4.78 is 10.5. The van der Waals surface area contributed by atoms with Gasteiger partial charge in [-0.3, -0.25) is 0 Å². The first-order valence-electron chi connectivity index (χ1n) is 5.64. The Morgan fingerprint density at radius 1 is 0.650 bits per heavy atom. The van der Waals surface area contributed by atoms with E-state index in [9.17, 15) is 0 Å². The summed E-state index contributed by atoms with van der Waals surface area (Å²) in [7, 11) is 0. The molecule has 0 fully saturated rings. The van der Waals surface area contributed by atoms with Gasteiger partial charge in [0, 0.05) is 26.9 Å². The van der Waals surface area contributed by atoms with E-state index in [1.165, 1.54) is 45.7 Å². The first kappa shape index (κ1) is 14.6. The van der Waals surface area contributed by atoms with Crippen LogP contribution >= 0.6 is 99.7 Å². The van der Waals surface area contributed by atoms with Crippen LogP contribution in [0.1, 0.15) is 0 Å². The van der Waals surface area contributed by atoms with Gasteiger partial charge in [0.15, 0.2) is 0 Å². The maximum atomic E-state index is 3.73. The predicted octanol–water partition coefficient (Wildman–Crippen LogP) is 8.00. The van der Waals surface area contributed by atoms with Gasteiger partial charge in [0.2, 0.25) is 0 Å². The quantitative estimate of drug-likeness (QED) is 0.169. The molecule has 4 rings (SSSR count). The third kappa shape index (κ3) is 2.05. The van der Waals surface area contributed by atoms with Crippen LogP contribution in [0, 0.1) is 7.14 Å². The Balaban J connectivity index is 2.26. The number of fused-ring (bicyclic) bond motifs is 5. The lowest BCUT2D eigenvalue weighted by Crippen LogP contribution is -1.73. The van der Waals surface area contributed by atoms with E-state index in [0.29, 0.717) is 0 Å². The standard InChI is InChI=1S/C14H4Br2I2S2/c15-9-7(17)3-1-5-11(9)19-14-6-2-4-8(18)10(16)12(6)20-13(5)14/h1-4H. The van der Waals surface area contributed by atoms with Crippen LogP contribution in [-0.2, 0) is 0 Å². The van der Waals surface area contributed by atoms with Crippen molar-refractivity contribution in [3.63, 3.8) is 0 Å². The molecule has 0 saturated carbocycles. The van der Waals surface area contributed by atoms with Gasteiger partial charge in [-0.1, -0.05) is 12.1 Å². The number of hydrogen-bond donors (Lipinski definition) is 0. The monoisotopic (exact) mass is 648 g/mol. The fourth-order valence-corrected chi connectivity index (χ4v) is 7.43. The number of thiophene rings is 2. The summed E-state index contributed by atoms with van der Waals surface area (Å²) in [5, 5.41) is 2.72. The number of rotatable bonds is 0. The van der Waals surface area contributed by atoms with Gasteiger partial charge in [-0.2, -0.15) is 0 Å². The third-order valence-electron chi connectivity index (χ3n) is 3.20. The van der Waals surface area contributed by atoms with Crippen LogP contribution < -0.4 is 0 Å². The van der Waals surface area contributed by atoms with Crippen LogP contribution in [0.4, 0.5) is 0 Å². The van der Waals surface area contributed by atoms with E-state index in [-0.39, 0.29) is 0 Å². The Labute approximate surface area is 167 Å². The van der Waals surface area contributed by atoms with Gasteiger partial charge in [0.1, 0.15) is 0 Å². The molecule has 6 heteroatoms. The van der Waals surface area contributed by atoms with Gasteiger partial charge in [-0.05, 0) is 89.2 Å². The summed E-state index contributed by atoms with van der Waals surface area (Å²) in [5.74, 6) is 0. The molecule has 0 spiro atoms. The van der Waals surface area contributed by atoms with Crippen molar-refractivity contribution in [2.24, 2.45) is 0 Å². The highest BCUT2D eigenvalue weighted by molar-refractivity contribution is 14.1. The predicted molar refractivity (Wildman–Crippen MR) is 116 cm³/mol. The maximum absolute atomic E-state index is 3.73. The molecule has 4 aromatic rings. The van der Waals surface area contributed by atoms with E-state index in [1.807, 2.05) is 22.7 Å². The SMILES string of the molecule is Brc1c(I)ccc2c1sc1c3ccc(I)c(Br)c3sc21. The molecule has 0 saturated heterocycles. The Morgan fingerprint density at radius 3 is 1.45 bits per heavy atom. The molecule has 0 nitrogen and oxygen atoms in total. The van der Waals surface area contributed by atoms with Crippen molar-refractivity contribution in [1.82, 2.24) is 0 Å². The van der Waals surface area contributed by atoms with Crippen molar-refractivity contribution in [2.75, 3.05) is 0 Å². The fraction of sp³-hybridized carbons (Fsp3) is 0. The molecule has 0 aliphatic carbocycles. The Morgan fingerprint density at radius 2 is 1.05 bits per heavy atom. The van der Waals surface area contributed by atoms with Crippen molar-refractivity contribution in [3.8, 4) is 0 Å². The molecule has 0 N–H and O–H groups in total. The molecular weight excluding hydrogens is 646 g/mol. The molecule has 100 valence electrons. The summed E-state index contributed by atoms with van der Waals surface area (Å²) >= 11 is 16.0. The highest BCUT2D eigenvalue weighted by Crippen LogP contribution is 2.49. The molecule has 0 aliphatic rings. The average Bonchev–Trinajstić information content (AvgIpc) is 2.95. The van der Waals surface area contributed by atoms with E-state index in [2.05, 4.69) is 101 Å². The highest BCUT2D eigenvalue weighted by atomic mass is 127. The molecule has 0 unspecified atom stereocenters. The van der Waals surface area contributed by atoms with Gasteiger partial charge in [-0.25, -0.2) is 0 Å². The second kappa shape index (κ2) is 5.30. The molecule has 2 heterocycles. The largest absolute Gasteiger partial charge is 0.132 e. The Kier molecular flexibility index (Phi) is 3.87. The lowest BCUT2D eigenvalue weighted by Gasteiger charge is -1.98. The molecule has 0 radical (unpaired) electrons. The minimum absolute atomic E-state index is 1.22. The zero-order valence-electron chi connectivity index (χ0n) is 9.64. The van der Waals surface area contributed by atoms with Crippen LogP contribution in [0.3, 0.4) is 0 Å². The maximum Gasteiger partial charge on any atom is 0.0542 e. The fourth-order valence-electron chi connectivity index (χ4n) is 2.27. The molecule has 2 aromatic heterocycles. The summed E-state index contributed by atoms with van der Waals surface area (Å²) in [5.41, 5.74) is 0. The molecule has 0 amide bonds. The van der Waals surface area contributed by atoms with Gasteiger partial charge < -0.3 is 0 Å². The zero-order chi connectivity index (χ0) is 14.0. The molecule has 2 aromatic carbocycles. The normalized spacial score (nSPS) is 12.0. The van der Waals surface area contributed by atoms with Gasteiger partial charge in [-0.15, -0.1) is 22.7 Å². The molecule has 0 bridgehead atoms. The van der Waals surface area contributed by atoms with Crippen molar-refractivity contribution in [1.29, 1.82) is 0 Å². The van der Waals surface area contributed by atoms with Crippen molar-refractivity contribution >= 4 is 129 Å². The Hall–Kier alpha value is 1.04. The van der Waals surface area contributed by atoms with Crippen LogP contribution in [0.5, 0.6) is 0 Å². The topological polar surface area (TPSA) is 0 Å². The van der Waals surface area contributed by atoms with Crippen molar-refractivity contribution in [2.45, 2.75) is 0 Å². The van der Waals surface area contributed by atoms with E-state index in [4.69, 9.17) is 0 Å². The minimum atomic E-state index is 1.22. The van der Waals surface area contributed by atoms with E-state index in [1.54, 1.807) is 0 Å². The van der Waals surface area contributed by atoms with Crippen LogP contribution in [0.15, 0.2) is 33.2 Å². The smallest absolute Gasteiger partial charge is 0.0542 e. The van der Waals surface area contributed by atoms with Crippen LogP contribution in [0.2, 0.25) is 0 Å². The van der Waals surface area contributed by atoms with E-state index >= 15 is 0 Å². The lowest BCUT2D eigenvalue weighted by atomic mass is 10.2. The van der Waals surface area contributed by atoms with Crippen LogP contribution in [0.25, 0.3) is 29.6 Å².